The average molecular weight is 851 g/mol. The Kier molecular flexibility index (Phi) is 11.9. The summed E-state index contributed by atoms with van der Waals surface area (Å²) in [4.78, 5) is 32.2. The number of carbonyl (C=O) groups excluding carboxylic acids is 1. The lowest BCUT2D eigenvalue weighted by molar-refractivity contribution is 0.00855. The number of fused-ring (bicyclic) bond motifs is 7. The Morgan fingerprint density at radius 3 is 2.40 bits per heavy atom. The molecule has 1 atom stereocenters. The summed E-state index contributed by atoms with van der Waals surface area (Å²) in [6, 6.07) is 6.47. The number of piperidine rings is 1. The van der Waals surface area contributed by atoms with Crippen LogP contribution in [0.15, 0.2) is 30.5 Å². The number of rotatable bonds is 9. The summed E-state index contributed by atoms with van der Waals surface area (Å²) in [7, 11) is -1.81. The molecule has 60 heavy (non-hydrogen) atoms. The second kappa shape index (κ2) is 16.7. The van der Waals surface area contributed by atoms with Crippen LogP contribution in [0.5, 0.6) is 11.8 Å². The van der Waals surface area contributed by atoms with Gasteiger partial charge in [0.1, 0.15) is 35.2 Å². The highest BCUT2D eigenvalue weighted by Crippen LogP contribution is 2.48. The zero-order valence-electron chi connectivity index (χ0n) is 35.8. The highest BCUT2D eigenvalue weighted by atomic mass is 31.2. The van der Waals surface area contributed by atoms with Crippen molar-refractivity contribution in [1.29, 1.82) is 0 Å². The maximum atomic E-state index is 17.6. The fourth-order valence-corrected chi connectivity index (χ4v) is 10.2. The van der Waals surface area contributed by atoms with Gasteiger partial charge in [0.05, 0.1) is 34.3 Å². The van der Waals surface area contributed by atoms with E-state index in [2.05, 4.69) is 10.2 Å². The molecule has 3 fully saturated rings. The minimum absolute atomic E-state index is 0.0289. The van der Waals surface area contributed by atoms with Crippen LogP contribution in [0.25, 0.3) is 32.9 Å². The van der Waals surface area contributed by atoms with Crippen LogP contribution in [-0.2, 0) is 24.7 Å². The second-order valence-corrected chi connectivity index (χ2v) is 19.9. The molecule has 1 unspecified atom stereocenters. The van der Waals surface area contributed by atoms with Gasteiger partial charge in [-0.05, 0) is 147 Å². The Morgan fingerprint density at radius 2 is 1.67 bits per heavy atom. The zero-order valence-corrected chi connectivity index (χ0v) is 36.7. The summed E-state index contributed by atoms with van der Waals surface area (Å²) in [5, 5.41) is 4.51. The summed E-state index contributed by atoms with van der Waals surface area (Å²) in [6.07, 6.45) is 7.23. The van der Waals surface area contributed by atoms with Crippen LogP contribution in [0.2, 0.25) is 0 Å². The number of nitrogens with one attached hydrogen (secondary N) is 1. The number of alkyl carbamates (subject to hydrolysis) is 1. The summed E-state index contributed by atoms with van der Waals surface area (Å²) < 4.78 is 70.1. The minimum atomic E-state index is -1.81. The van der Waals surface area contributed by atoms with Gasteiger partial charge in [-0.2, -0.15) is 9.97 Å². The smallest absolute Gasteiger partial charge is 0.407 e. The van der Waals surface area contributed by atoms with Gasteiger partial charge >= 0.3 is 20.7 Å². The molecule has 6 bridgehead atoms. The maximum absolute atomic E-state index is 17.6. The van der Waals surface area contributed by atoms with Gasteiger partial charge in [-0.15, -0.1) is 0 Å². The molecule has 2 aromatic carbocycles. The number of anilines is 1. The van der Waals surface area contributed by atoms with E-state index in [1.165, 1.54) is 6.07 Å². The largest absolute Gasteiger partial charge is 0.467 e. The van der Waals surface area contributed by atoms with E-state index in [0.29, 0.717) is 71.4 Å². The number of aryl methyl sites for hydroxylation is 1. The topological polar surface area (TPSA) is 130 Å². The minimum Gasteiger partial charge on any atom is -0.467 e. The number of pyridine rings is 1. The lowest BCUT2D eigenvalue weighted by Crippen LogP contribution is -2.57. The van der Waals surface area contributed by atoms with Gasteiger partial charge in [0.25, 0.3) is 0 Å². The second-order valence-electron chi connectivity index (χ2n) is 18.8. The fraction of sp³-hybridized carbons (Fsp3) is 0.591. The number of halogens is 2. The van der Waals surface area contributed by atoms with Crippen LogP contribution in [0.3, 0.4) is 0 Å². The van der Waals surface area contributed by atoms with E-state index in [-0.39, 0.29) is 42.6 Å². The number of aromatic nitrogens is 3. The Balaban J connectivity index is 1.24. The molecule has 0 aliphatic carbocycles. The molecule has 0 radical (unpaired) electrons. The Morgan fingerprint density at radius 1 is 0.933 bits per heavy atom. The number of nitrogens with zero attached hydrogens (tertiary/aromatic N) is 5. The fourth-order valence-electron chi connectivity index (χ4n) is 9.05. The Bertz CT molecular complexity index is 2230. The van der Waals surface area contributed by atoms with Crippen molar-refractivity contribution in [2.24, 2.45) is 0 Å². The highest BCUT2D eigenvalue weighted by molar-refractivity contribution is 7.41. The summed E-state index contributed by atoms with van der Waals surface area (Å²) in [6.45, 7) is 16.7. The van der Waals surface area contributed by atoms with Gasteiger partial charge in [0.2, 0.25) is 0 Å². The number of hydrogen-bond donors (Lipinski definition) is 1. The van der Waals surface area contributed by atoms with E-state index in [9.17, 15) is 4.79 Å². The molecule has 1 amide bonds. The maximum Gasteiger partial charge on any atom is 0.407 e. The molecule has 5 aliphatic heterocycles. The summed E-state index contributed by atoms with van der Waals surface area (Å²) in [5.74, 6) is -0.382. The number of benzene rings is 2. The van der Waals surface area contributed by atoms with Gasteiger partial charge in [-0.3, -0.25) is 14.4 Å². The highest BCUT2D eigenvalue weighted by Gasteiger charge is 2.45. The standard InChI is InChI=1S/C44H57F2N6O7P/c1-41(2,3)58-60(59-42(4,5)6)57-27-56-29-22-28-13-14-33(45)30-12-8-21-54-40(53)50-43(7)15-9-18-51(25-43)38-32-24-47-36(31(23-29)34(28)30)35(46)37(32)48-39(49-38)55-26-44-16-10-19-52(44)20-11-17-44/h13-14,22-24H,8-12,15-21,25-27H2,1-7H3,(H,50,53). The zero-order chi connectivity index (χ0) is 42.5. The predicted octanol–water partition coefficient (Wildman–Crippen LogP) is 9.37. The number of amides is 1. The first-order valence-corrected chi connectivity index (χ1v) is 22.2. The van der Waals surface area contributed by atoms with Gasteiger partial charge in [-0.1, -0.05) is 6.07 Å². The number of carbonyl (C=O) groups is 1. The van der Waals surface area contributed by atoms with Crippen molar-refractivity contribution in [2.45, 2.75) is 122 Å². The summed E-state index contributed by atoms with van der Waals surface area (Å²) in [5.41, 5.74) is -1.23. The van der Waals surface area contributed by atoms with Gasteiger partial charge < -0.3 is 33.5 Å². The lowest BCUT2D eigenvalue weighted by atomic mass is 9.91. The van der Waals surface area contributed by atoms with Crippen molar-refractivity contribution in [2.75, 3.05) is 51.1 Å². The lowest BCUT2D eigenvalue weighted by Gasteiger charge is -2.41. The molecule has 2 aromatic heterocycles. The SMILES string of the molecule is CC12CCCN(C1)c1nc(OCC34CCCN3CCC4)nc3c(F)c(ncc13)-c1cc(OCOP(OC(C)(C)C)OC(C)(C)C)cc3ccc(F)c(c13)CCCOC(=O)N2. The molecule has 0 saturated carbocycles. The average Bonchev–Trinajstić information content (AvgIpc) is 3.75. The van der Waals surface area contributed by atoms with Crippen LogP contribution in [0, 0.1) is 11.6 Å². The molecule has 1 N–H and O–H groups in total. The molecular weight excluding hydrogens is 793 g/mol. The van der Waals surface area contributed by atoms with Crippen LogP contribution in [0.4, 0.5) is 19.4 Å². The van der Waals surface area contributed by atoms with Crippen LogP contribution < -0.4 is 19.7 Å². The normalized spacial score (nSPS) is 21.1. The first-order chi connectivity index (χ1) is 28.5. The van der Waals surface area contributed by atoms with Gasteiger partial charge in [0.15, 0.2) is 12.6 Å². The monoisotopic (exact) mass is 850 g/mol. The molecule has 9 rings (SSSR count). The Labute approximate surface area is 351 Å². The number of hydrogen-bond acceptors (Lipinski definition) is 12. The van der Waals surface area contributed by atoms with Crippen molar-refractivity contribution in [3.8, 4) is 23.0 Å². The summed E-state index contributed by atoms with van der Waals surface area (Å²) >= 11 is 0. The van der Waals surface area contributed by atoms with Crippen molar-refractivity contribution >= 4 is 42.2 Å². The van der Waals surface area contributed by atoms with Crippen LogP contribution in [-0.4, -0.2) is 94.4 Å². The van der Waals surface area contributed by atoms with Crippen LogP contribution in [0.1, 0.15) is 99.0 Å². The van der Waals surface area contributed by atoms with E-state index in [1.54, 1.807) is 24.4 Å². The predicted molar refractivity (Wildman–Crippen MR) is 226 cm³/mol. The van der Waals surface area contributed by atoms with Crippen molar-refractivity contribution in [3.05, 3.63) is 47.7 Å². The molecule has 324 valence electrons. The van der Waals surface area contributed by atoms with E-state index in [1.807, 2.05) is 53.4 Å². The van der Waals surface area contributed by atoms with Gasteiger partial charge in [0, 0.05) is 24.8 Å². The van der Waals surface area contributed by atoms with Gasteiger partial charge in [-0.25, -0.2) is 13.6 Å². The van der Waals surface area contributed by atoms with E-state index >= 15 is 8.78 Å². The van der Waals surface area contributed by atoms with E-state index in [0.717, 1.165) is 45.2 Å². The van der Waals surface area contributed by atoms with Crippen molar-refractivity contribution < 1.29 is 41.4 Å². The van der Waals surface area contributed by atoms with Crippen LogP contribution >= 0.6 is 8.60 Å². The van der Waals surface area contributed by atoms with Crippen molar-refractivity contribution in [1.82, 2.24) is 25.2 Å². The first-order valence-electron chi connectivity index (χ1n) is 21.1. The molecular formula is C44H57F2N6O7P. The third kappa shape index (κ3) is 9.25. The first kappa shape index (κ1) is 42.7. The molecule has 7 heterocycles. The third-order valence-electron chi connectivity index (χ3n) is 11.6. The molecule has 0 spiro atoms. The third-order valence-corrected chi connectivity index (χ3v) is 13.3. The van der Waals surface area contributed by atoms with E-state index < -0.39 is 43.1 Å². The van der Waals surface area contributed by atoms with E-state index in [4.69, 9.17) is 42.7 Å². The molecule has 3 saturated heterocycles. The molecule has 5 aliphatic rings. The molecule has 16 heteroatoms. The molecule has 13 nitrogen and oxygen atoms in total. The number of ether oxygens (including phenoxy) is 3. The molecule has 4 aromatic rings. The van der Waals surface area contributed by atoms with Crippen molar-refractivity contribution in [3.63, 3.8) is 0 Å². The Hall–Kier alpha value is -4.01. The quantitative estimate of drug-likeness (QED) is 0.127.